The molecule has 0 saturated heterocycles. The fourth-order valence-corrected chi connectivity index (χ4v) is 4.49. The molecular weight excluding hydrogens is 437 g/mol. The van der Waals surface area contributed by atoms with Gasteiger partial charge < -0.3 is 9.88 Å². The molecule has 30 heavy (non-hydrogen) atoms. The molecule has 2 aromatic carbocycles. The molecule has 7 heteroatoms. The molecule has 1 N–H and O–H groups in total. The minimum atomic E-state index is -0.111. The highest BCUT2D eigenvalue weighted by molar-refractivity contribution is 7.13. The summed E-state index contributed by atoms with van der Waals surface area (Å²) in [4.78, 5) is 17.3. The third-order valence-electron chi connectivity index (χ3n) is 4.82. The van der Waals surface area contributed by atoms with E-state index in [0.717, 1.165) is 27.8 Å². The van der Waals surface area contributed by atoms with Crippen molar-refractivity contribution in [2.24, 2.45) is 0 Å². The van der Waals surface area contributed by atoms with Crippen LogP contribution < -0.4 is 5.32 Å². The number of carbonyl (C=O) groups is 1. The number of nitrogens with one attached hydrogen (secondary N) is 1. The number of rotatable bonds is 4. The maximum atomic E-state index is 12.8. The Morgan fingerprint density at radius 3 is 2.47 bits per heavy atom. The van der Waals surface area contributed by atoms with Crippen molar-refractivity contribution in [3.63, 3.8) is 0 Å². The van der Waals surface area contributed by atoms with Crippen molar-refractivity contribution >= 4 is 56.5 Å². The molecule has 2 heterocycles. The predicted molar refractivity (Wildman–Crippen MR) is 126 cm³/mol. The van der Waals surface area contributed by atoms with Crippen molar-refractivity contribution in [2.45, 2.75) is 32.6 Å². The third kappa shape index (κ3) is 4.38. The van der Waals surface area contributed by atoms with E-state index in [0.29, 0.717) is 15.2 Å². The molecule has 154 valence electrons. The fraction of sp³-hybridized carbons (Fsp3) is 0.217. The number of fused-ring (bicyclic) bond motifs is 1. The van der Waals surface area contributed by atoms with Crippen molar-refractivity contribution in [1.82, 2.24) is 9.55 Å². The molecule has 0 radical (unpaired) electrons. The first-order valence-electron chi connectivity index (χ1n) is 9.52. The van der Waals surface area contributed by atoms with E-state index in [1.807, 2.05) is 58.6 Å². The van der Waals surface area contributed by atoms with Crippen LogP contribution in [-0.2, 0) is 16.6 Å². The molecule has 0 atom stereocenters. The maximum absolute atomic E-state index is 12.8. The van der Waals surface area contributed by atoms with E-state index < -0.39 is 0 Å². The molecular formula is C23H21Cl2N3OS. The van der Waals surface area contributed by atoms with E-state index in [9.17, 15) is 4.79 Å². The zero-order chi connectivity index (χ0) is 21.5. The lowest BCUT2D eigenvalue weighted by Crippen LogP contribution is -2.15. The van der Waals surface area contributed by atoms with Gasteiger partial charge in [-0.05, 0) is 48.0 Å². The van der Waals surface area contributed by atoms with Gasteiger partial charge in [0.05, 0.1) is 17.6 Å². The van der Waals surface area contributed by atoms with Gasteiger partial charge in [-0.3, -0.25) is 4.79 Å². The SMILES string of the molecule is CC(C)(C)c1csc(NC(=O)Cc2cn(-c3ccc(Cl)cc3)c3ccc(Cl)cc23)n1. The number of anilines is 1. The van der Waals surface area contributed by atoms with Crippen molar-refractivity contribution in [1.29, 1.82) is 0 Å². The second-order valence-corrected chi connectivity index (χ2v) is 9.91. The lowest BCUT2D eigenvalue weighted by molar-refractivity contribution is -0.115. The van der Waals surface area contributed by atoms with Crippen LogP contribution in [0.5, 0.6) is 0 Å². The van der Waals surface area contributed by atoms with Crippen molar-refractivity contribution in [3.05, 3.63) is 75.3 Å². The number of benzene rings is 2. The van der Waals surface area contributed by atoms with Crippen LogP contribution in [0.2, 0.25) is 10.0 Å². The van der Waals surface area contributed by atoms with Crippen LogP contribution in [0.3, 0.4) is 0 Å². The van der Waals surface area contributed by atoms with Crippen LogP contribution in [0.25, 0.3) is 16.6 Å². The Balaban J connectivity index is 1.63. The number of hydrogen-bond donors (Lipinski definition) is 1. The Bertz CT molecular complexity index is 1220. The summed E-state index contributed by atoms with van der Waals surface area (Å²) in [6, 6.07) is 13.3. The summed E-state index contributed by atoms with van der Waals surface area (Å²) in [6.45, 7) is 6.30. The van der Waals surface area contributed by atoms with Crippen LogP contribution in [0.4, 0.5) is 5.13 Å². The molecule has 0 aliphatic heterocycles. The Hall–Kier alpha value is -2.34. The predicted octanol–water partition coefficient (Wildman–Crippen LogP) is 6.87. The van der Waals surface area contributed by atoms with E-state index in [-0.39, 0.29) is 17.7 Å². The summed E-state index contributed by atoms with van der Waals surface area (Å²) in [5.41, 5.74) is 3.76. The lowest BCUT2D eigenvalue weighted by atomic mass is 9.93. The molecule has 0 aliphatic rings. The summed E-state index contributed by atoms with van der Waals surface area (Å²) < 4.78 is 2.05. The van der Waals surface area contributed by atoms with Crippen LogP contribution in [-0.4, -0.2) is 15.5 Å². The summed E-state index contributed by atoms with van der Waals surface area (Å²) in [5.74, 6) is -0.111. The molecule has 4 nitrogen and oxygen atoms in total. The van der Waals surface area contributed by atoms with E-state index in [4.69, 9.17) is 23.2 Å². The summed E-state index contributed by atoms with van der Waals surface area (Å²) in [7, 11) is 0. The Labute approximate surface area is 189 Å². The van der Waals surface area contributed by atoms with Crippen LogP contribution in [0, 0.1) is 0 Å². The molecule has 0 unspecified atom stereocenters. The number of thiazole rings is 1. The topological polar surface area (TPSA) is 46.9 Å². The Morgan fingerprint density at radius 2 is 1.80 bits per heavy atom. The second-order valence-electron chi connectivity index (χ2n) is 8.18. The molecule has 0 aliphatic carbocycles. The van der Waals surface area contributed by atoms with Crippen molar-refractivity contribution < 1.29 is 4.79 Å². The van der Waals surface area contributed by atoms with Crippen molar-refractivity contribution in [2.75, 3.05) is 5.32 Å². The monoisotopic (exact) mass is 457 g/mol. The largest absolute Gasteiger partial charge is 0.316 e. The highest BCUT2D eigenvalue weighted by Crippen LogP contribution is 2.30. The van der Waals surface area contributed by atoms with Gasteiger partial charge >= 0.3 is 0 Å². The number of hydrogen-bond acceptors (Lipinski definition) is 3. The fourth-order valence-electron chi connectivity index (χ4n) is 3.24. The average Bonchev–Trinajstić information content (AvgIpc) is 3.27. The quantitative estimate of drug-likeness (QED) is 0.363. The van der Waals surface area contributed by atoms with Gasteiger partial charge in [0.15, 0.2) is 5.13 Å². The highest BCUT2D eigenvalue weighted by atomic mass is 35.5. The smallest absolute Gasteiger partial charge is 0.230 e. The first kappa shape index (κ1) is 20.9. The summed E-state index contributed by atoms with van der Waals surface area (Å²) in [6.07, 6.45) is 2.20. The number of amides is 1. The zero-order valence-electron chi connectivity index (χ0n) is 16.9. The molecule has 0 fully saturated rings. The second kappa shape index (κ2) is 8.06. The minimum Gasteiger partial charge on any atom is -0.316 e. The molecule has 0 spiro atoms. The molecule has 0 bridgehead atoms. The average molecular weight is 458 g/mol. The first-order chi connectivity index (χ1) is 14.2. The number of halogens is 2. The van der Waals surface area contributed by atoms with E-state index in [1.54, 1.807) is 0 Å². The van der Waals surface area contributed by atoms with E-state index >= 15 is 0 Å². The standard InChI is InChI=1S/C23H21Cl2N3OS/c1-23(2,3)20-13-30-22(26-20)27-21(29)10-14-12-28(17-7-4-15(24)5-8-17)19-9-6-16(25)11-18(14)19/h4-9,11-13H,10H2,1-3H3,(H,26,27,29). The maximum Gasteiger partial charge on any atom is 0.230 e. The third-order valence-corrected chi connectivity index (χ3v) is 6.07. The number of aromatic nitrogens is 2. The molecule has 0 saturated carbocycles. The number of nitrogens with zero attached hydrogens (tertiary/aromatic N) is 2. The Kier molecular flexibility index (Phi) is 5.62. The molecule has 4 rings (SSSR count). The number of carbonyl (C=O) groups excluding carboxylic acids is 1. The van der Waals surface area contributed by atoms with Gasteiger partial charge in [0, 0.05) is 38.1 Å². The van der Waals surface area contributed by atoms with Crippen LogP contribution >= 0.6 is 34.5 Å². The van der Waals surface area contributed by atoms with Gasteiger partial charge in [0.25, 0.3) is 0 Å². The normalized spacial score (nSPS) is 11.8. The van der Waals surface area contributed by atoms with Crippen LogP contribution in [0.1, 0.15) is 32.0 Å². The Morgan fingerprint density at radius 1 is 1.10 bits per heavy atom. The van der Waals surface area contributed by atoms with E-state index in [2.05, 4.69) is 31.1 Å². The van der Waals surface area contributed by atoms with Gasteiger partial charge in [-0.1, -0.05) is 44.0 Å². The van der Waals surface area contributed by atoms with E-state index in [1.165, 1.54) is 11.3 Å². The van der Waals surface area contributed by atoms with Gasteiger partial charge in [-0.25, -0.2) is 4.98 Å². The van der Waals surface area contributed by atoms with Gasteiger partial charge in [-0.15, -0.1) is 11.3 Å². The van der Waals surface area contributed by atoms with Gasteiger partial charge in [0.1, 0.15) is 0 Å². The van der Waals surface area contributed by atoms with Crippen LogP contribution in [0.15, 0.2) is 54.0 Å². The van der Waals surface area contributed by atoms with Gasteiger partial charge in [0.2, 0.25) is 5.91 Å². The first-order valence-corrected chi connectivity index (χ1v) is 11.2. The highest BCUT2D eigenvalue weighted by Gasteiger charge is 2.19. The lowest BCUT2D eigenvalue weighted by Gasteiger charge is -2.14. The molecule has 4 aromatic rings. The minimum absolute atomic E-state index is 0.0533. The summed E-state index contributed by atoms with van der Waals surface area (Å²) in [5, 5.41) is 7.79. The molecule has 2 aromatic heterocycles. The summed E-state index contributed by atoms with van der Waals surface area (Å²) >= 11 is 13.7. The zero-order valence-corrected chi connectivity index (χ0v) is 19.2. The van der Waals surface area contributed by atoms with Gasteiger partial charge in [-0.2, -0.15) is 0 Å². The molecule has 1 amide bonds. The van der Waals surface area contributed by atoms with Crippen molar-refractivity contribution in [3.8, 4) is 5.69 Å².